The molecule has 0 aliphatic heterocycles. The lowest BCUT2D eigenvalue weighted by Crippen LogP contribution is -2.13. The van der Waals surface area contributed by atoms with Gasteiger partial charge in [-0.05, 0) is 82.3 Å². The fourth-order valence-electron chi connectivity index (χ4n) is 5.87. The van der Waals surface area contributed by atoms with Gasteiger partial charge in [0.2, 0.25) is 9.84 Å². The van der Waals surface area contributed by atoms with Crippen molar-refractivity contribution in [2.75, 3.05) is 0 Å². The Labute approximate surface area is 268 Å². The van der Waals surface area contributed by atoms with Crippen molar-refractivity contribution in [2.45, 2.75) is 102 Å². The smallest absolute Gasteiger partial charge is 0.207 e. The molecular weight excluding hydrogens is 584 g/mol. The Morgan fingerprint density at radius 1 is 0.511 bits per heavy atom. The van der Waals surface area contributed by atoms with E-state index in [-0.39, 0.29) is 66.6 Å². The van der Waals surface area contributed by atoms with Crippen LogP contribution in [0.3, 0.4) is 0 Å². The van der Waals surface area contributed by atoms with Crippen LogP contribution >= 0.6 is 0 Å². The average Bonchev–Trinajstić information content (AvgIpc) is 2.91. The minimum atomic E-state index is -4.42. The first-order valence-corrected chi connectivity index (χ1v) is 16.8. The zero-order valence-corrected chi connectivity index (χ0v) is 28.8. The minimum absolute atomic E-state index is 0.0798. The van der Waals surface area contributed by atoms with Crippen LogP contribution in [0, 0.1) is 0 Å². The summed E-state index contributed by atoms with van der Waals surface area (Å²) in [5.74, 6) is -0.989. The Bertz CT molecular complexity index is 1740. The summed E-state index contributed by atoms with van der Waals surface area (Å²) in [6, 6.07) is 15.8. The third kappa shape index (κ3) is 6.28. The maximum absolute atomic E-state index is 15.1. The molecule has 0 aliphatic rings. The predicted molar refractivity (Wildman–Crippen MR) is 181 cm³/mol. The molecule has 0 saturated heterocycles. The van der Waals surface area contributed by atoms with E-state index >= 15 is 8.42 Å². The molecular formula is C38H46O6S. The molecule has 7 heteroatoms. The van der Waals surface area contributed by atoms with Gasteiger partial charge in [0.25, 0.3) is 0 Å². The summed E-state index contributed by atoms with van der Waals surface area (Å²) in [6.45, 7) is 19.6. The summed E-state index contributed by atoms with van der Waals surface area (Å²) >= 11 is 0. The minimum Gasteiger partial charge on any atom is -0.508 e. The molecule has 45 heavy (non-hydrogen) atoms. The Kier molecular flexibility index (Phi) is 8.86. The van der Waals surface area contributed by atoms with Crippen molar-refractivity contribution < 1.29 is 28.8 Å². The quantitative estimate of drug-likeness (QED) is 0.169. The highest BCUT2D eigenvalue weighted by Crippen LogP contribution is 2.50. The van der Waals surface area contributed by atoms with Crippen LogP contribution in [0.15, 0.2) is 70.5 Å². The van der Waals surface area contributed by atoms with Crippen LogP contribution in [-0.2, 0) is 20.7 Å². The van der Waals surface area contributed by atoms with Crippen molar-refractivity contribution in [3.63, 3.8) is 0 Å². The number of hydrogen-bond donors (Lipinski definition) is 4. The number of aromatic hydroxyl groups is 4. The van der Waals surface area contributed by atoms with Crippen LogP contribution in [0.2, 0.25) is 0 Å². The van der Waals surface area contributed by atoms with Gasteiger partial charge in [-0.3, -0.25) is 0 Å². The van der Waals surface area contributed by atoms with Crippen LogP contribution in [0.4, 0.5) is 0 Å². The molecule has 0 atom stereocenters. The molecule has 0 heterocycles. The summed E-state index contributed by atoms with van der Waals surface area (Å²) in [4.78, 5) is -0.197. The molecule has 4 aromatic rings. The zero-order chi connectivity index (χ0) is 33.8. The molecule has 4 aromatic carbocycles. The molecule has 0 unspecified atom stereocenters. The molecule has 6 nitrogen and oxygen atoms in total. The normalized spacial score (nSPS) is 12.7. The molecule has 4 rings (SSSR count). The molecule has 0 radical (unpaired) electrons. The third-order valence-corrected chi connectivity index (χ3v) is 10.2. The lowest BCUT2D eigenvalue weighted by Gasteiger charge is -2.25. The zero-order valence-electron chi connectivity index (χ0n) is 27.9. The number of hydrogen-bond acceptors (Lipinski definition) is 6. The topological polar surface area (TPSA) is 115 Å². The first-order valence-electron chi connectivity index (χ1n) is 15.3. The second-order valence-electron chi connectivity index (χ2n) is 14.5. The lowest BCUT2D eigenvalue weighted by molar-refractivity contribution is 0.463. The van der Waals surface area contributed by atoms with E-state index in [0.717, 1.165) is 11.1 Å². The van der Waals surface area contributed by atoms with Gasteiger partial charge in [0.1, 0.15) is 23.0 Å². The second kappa shape index (κ2) is 11.8. The molecule has 0 saturated carbocycles. The summed E-state index contributed by atoms with van der Waals surface area (Å²) in [7, 11) is -4.42. The van der Waals surface area contributed by atoms with E-state index in [4.69, 9.17) is 0 Å². The van der Waals surface area contributed by atoms with Gasteiger partial charge in [-0.2, -0.15) is 0 Å². The Balaban J connectivity index is 2.20. The fraction of sp³-hybridized carbons (Fsp3) is 0.368. The predicted octanol–water partition coefficient (Wildman–Crippen LogP) is 9.52. The standard InChI is InChI=1S/C38H46O6S/c1-21(2)33-29(41)15-17-31(35(33)25-19-23(37(5,6)7)11-13-27(25)39)45(43,44)32-18-16-30(42)34(22(3)4)36(32)26-20-24(38(8,9)10)12-14-28(26)40/h11-22,39-42H,1-10H3. The molecule has 0 spiro atoms. The average molecular weight is 631 g/mol. The van der Waals surface area contributed by atoms with Crippen molar-refractivity contribution in [1.82, 2.24) is 0 Å². The number of phenols is 4. The maximum atomic E-state index is 15.1. The van der Waals surface area contributed by atoms with E-state index in [0.29, 0.717) is 22.3 Å². The van der Waals surface area contributed by atoms with Crippen LogP contribution in [0.25, 0.3) is 22.3 Å². The highest BCUT2D eigenvalue weighted by molar-refractivity contribution is 7.91. The van der Waals surface area contributed by atoms with E-state index < -0.39 is 9.84 Å². The van der Waals surface area contributed by atoms with E-state index in [9.17, 15) is 20.4 Å². The largest absolute Gasteiger partial charge is 0.508 e. The fourth-order valence-corrected chi connectivity index (χ4v) is 7.58. The molecule has 0 aliphatic carbocycles. The Morgan fingerprint density at radius 2 is 0.822 bits per heavy atom. The second-order valence-corrected chi connectivity index (χ2v) is 16.4. The van der Waals surface area contributed by atoms with Gasteiger partial charge in [0, 0.05) is 33.4 Å². The van der Waals surface area contributed by atoms with Crippen LogP contribution in [0.1, 0.15) is 103 Å². The van der Waals surface area contributed by atoms with E-state index in [1.54, 1.807) is 24.3 Å². The van der Waals surface area contributed by atoms with Gasteiger partial charge in [0.15, 0.2) is 0 Å². The summed E-state index contributed by atoms with van der Waals surface area (Å²) in [6.07, 6.45) is 0. The van der Waals surface area contributed by atoms with Crippen molar-refractivity contribution in [2.24, 2.45) is 0 Å². The first-order chi connectivity index (χ1) is 20.7. The van der Waals surface area contributed by atoms with E-state index in [2.05, 4.69) is 0 Å². The summed E-state index contributed by atoms with van der Waals surface area (Å²) in [5, 5.41) is 44.6. The monoisotopic (exact) mass is 630 g/mol. The van der Waals surface area contributed by atoms with E-state index in [1.165, 1.54) is 24.3 Å². The van der Waals surface area contributed by atoms with E-state index in [1.807, 2.05) is 81.4 Å². The number of benzene rings is 4. The number of rotatable bonds is 6. The Hall–Kier alpha value is -3.97. The maximum Gasteiger partial charge on any atom is 0.207 e. The van der Waals surface area contributed by atoms with Crippen molar-refractivity contribution in [3.8, 4) is 45.3 Å². The molecule has 4 N–H and O–H groups in total. The van der Waals surface area contributed by atoms with Gasteiger partial charge in [-0.25, -0.2) is 8.42 Å². The summed E-state index contributed by atoms with van der Waals surface area (Å²) < 4.78 is 30.1. The molecule has 0 amide bonds. The molecule has 0 bridgehead atoms. The molecule has 0 aromatic heterocycles. The summed E-state index contributed by atoms with van der Waals surface area (Å²) in [5.41, 5.74) is 2.95. The first kappa shape index (κ1) is 33.9. The van der Waals surface area contributed by atoms with Crippen LogP contribution in [0.5, 0.6) is 23.0 Å². The van der Waals surface area contributed by atoms with Crippen LogP contribution in [-0.4, -0.2) is 28.8 Å². The Morgan fingerprint density at radius 3 is 1.11 bits per heavy atom. The van der Waals surface area contributed by atoms with Crippen molar-refractivity contribution >= 4 is 9.84 Å². The SMILES string of the molecule is CC(C)c1c(O)ccc(S(=O)(=O)c2ccc(O)c(C(C)C)c2-c2cc(C(C)(C)C)ccc2O)c1-c1cc(C(C)(C)C)ccc1O. The highest BCUT2D eigenvalue weighted by atomic mass is 32.2. The third-order valence-electron chi connectivity index (χ3n) is 8.37. The van der Waals surface area contributed by atoms with Gasteiger partial charge < -0.3 is 20.4 Å². The van der Waals surface area contributed by atoms with Gasteiger partial charge in [-0.15, -0.1) is 0 Å². The van der Waals surface area contributed by atoms with Gasteiger partial charge in [-0.1, -0.05) is 81.4 Å². The number of phenolic OH excluding ortho intramolecular Hbond substituents is 4. The highest BCUT2D eigenvalue weighted by Gasteiger charge is 2.33. The molecule has 240 valence electrons. The van der Waals surface area contributed by atoms with Crippen molar-refractivity contribution in [1.29, 1.82) is 0 Å². The number of sulfone groups is 1. The van der Waals surface area contributed by atoms with Crippen molar-refractivity contribution in [3.05, 3.63) is 82.9 Å². The molecule has 0 fully saturated rings. The van der Waals surface area contributed by atoms with Gasteiger partial charge in [0.05, 0.1) is 9.79 Å². The van der Waals surface area contributed by atoms with Crippen LogP contribution < -0.4 is 0 Å². The van der Waals surface area contributed by atoms with Gasteiger partial charge >= 0.3 is 0 Å². The lowest BCUT2D eigenvalue weighted by atomic mass is 9.83.